The average Bonchev–Trinajstić information content (AvgIpc) is 2.84. The zero-order valence-corrected chi connectivity index (χ0v) is 9.06. The van der Waals surface area contributed by atoms with E-state index in [4.69, 9.17) is 5.11 Å². The number of aliphatic carboxylic acids is 1. The summed E-state index contributed by atoms with van der Waals surface area (Å²) in [5.41, 5.74) is 1.41. The van der Waals surface area contributed by atoms with Crippen molar-refractivity contribution in [2.45, 2.75) is 25.8 Å². The highest BCUT2D eigenvalue weighted by molar-refractivity contribution is 5.98. The molecule has 0 aromatic carbocycles. The number of carbonyl (C=O) groups is 2. The number of amides is 1. The maximum Gasteiger partial charge on any atom is 0.326 e. The molecule has 1 saturated heterocycles. The molecular formula is C11H14N2O3. The fourth-order valence-corrected chi connectivity index (χ4v) is 2.09. The van der Waals surface area contributed by atoms with Crippen LogP contribution in [0.1, 0.15) is 28.8 Å². The number of carboxylic acids is 1. The Morgan fingerprint density at radius 1 is 1.50 bits per heavy atom. The van der Waals surface area contributed by atoms with Gasteiger partial charge in [-0.25, -0.2) is 4.79 Å². The topological polar surface area (TPSA) is 73.4 Å². The van der Waals surface area contributed by atoms with E-state index in [1.165, 1.54) is 4.90 Å². The molecule has 0 bridgehead atoms. The highest BCUT2D eigenvalue weighted by Gasteiger charge is 2.34. The first-order valence-electron chi connectivity index (χ1n) is 5.28. The monoisotopic (exact) mass is 222 g/mol. The number of hydrogen-bond acceptors (Lipinski definition) is 2. The maximum atomic E-state index is 12.1. The lowest BCUT2D eigenvalue weighted by Gasteiger charge is -2.21. The number of rotatable bonds is 2. The van der Waals surface area contributed by atoms with Gasteiger partial charge in [-0.1, -0.05) is 0 Å². The molecule has 2 heterocycles. The number of carbonyl (C=O) groups excluding carboxylic acids is 1. The minimum absolute atomic E-state index is 0.191. The minimum Gasteiger partial charge on any atom is -0.480 e. The predicted molar refractivity (Wildman–Crippen MR) is 57.2 cm³/mol. The molecule has 1 fully saturated rings. The number of aromatic amines is 1. The van der Waals surface area contributed by atoms with Crippen molar-refractivity contribution >= 4 is 11.9 Å². The Labute approximate surface area is 93.1 Å². The summed E-state index contributed by atoms with van der Waals surface area (Å²) in [6.45, 7) is 2.36. The molecule has 2 rings (SSSR count). The normalized spacial score (nSPS) is 20.1. The van der Waals surface area contributed by atoms with E-state index < -0.39 is 12.0 Å². The molecule has 86 valence electrons. The van der Waals surface area contributed by atoms with E-state index >= 15 is 0 Å². The second-order valence-corrected chi connectivity index (χ2v) is 4.05. The molecule has 1 atom stereocenters. The van der Waals surface area contributed by atoms with E-state index in [0.717, 1.165) is 12.0 Å². The smallest absolute Gasteiger partial charge is 0.326 e. The second kappa shape index (κ2) is 4.00. The maximum absolute atomic E-state index is 12.1. The molecule has 1 aliphatic rings. The molecular weight excluding hydrogens is 208 g/mol. The van der Waals surface area contributed by atoms with E-state index in [9.17, 15) is 9.59 Å². The van der Waals surface area contributed by atoms with Gasteiger partial charge in [0, 0.05) is 18.9 Å². The van der Waals surface area contributed by atoms with Gasteiger partial charge in [-0.15, -0.1) is 0 Å². The molecule has 2 N–H and O–H groups in total. The lowest BCUT2D eigenvalue weighted by atomic mass is 10.1. The van der Waals surface area contributed by atoms with Crippen molar-refractivity contribution in [1.29, 1.82) is 0 Å². The summed E-state index contributed by atoms with van der Waals surface area (Å²) in [7, 11) is 0. The molecule has 1 unspecified atom stereocenters. The number of likely N-dealkylation sites (tertiary alicyclic amines) is 1. The van der Waals surface area contributed by atoms with Gasteiger partial charge in [0.05, 0.1) is 5.56 Å². The van der Waals surface area contributed by atoms with Crippen LogP contribution in [0.25, 0.3) is 0 Å². The van der Waals surface area contributed by atoms with Crippen LogP contribution in [0.5, 0.6) is 0 Å². The van der Waals surface area contributed by atoms with Crippen LogP contribution in [0, 0.1) is 6.92 Å². The Kier molecular flexibility index (Phi) is 2.68. The van der Waals surface area contributed by atoms with E-state index in [-0.39, 0.29) is 5.91 Å². The van der Waals surface area contributed by atoms with Crippen LogP contribution in [-0.2, 0) is 4.79 Å². The SMILES string of the molecule is Cc1c[nH]cc1C(=O)N1CCCC1C(=O)O. The van der Waals surface area contributed by atoms with E-state index in [0.29, 0.717) is 18.5 Å². The molecule has 0 aliphatic carbocycles. The van der Waals surface area contributed by atoms with Gasteiger partial charge >= 0.3 is 5.97 Å². The zero-order chi connectivity index (χ0) is 11.7. The quantitative estimate of drug-likeness (QED) is 0.784. The van der Waals surface area contributed by atoms with Gasteiger partial charge in [0.2, 0.25) is 0 Å². The van der Waals surface area contributed by atoms with Gasteiger partial charge in [-0.3, -0.25) is 4.79 Å². The van der Waals surface area contributed by atoms with Crippen LogP contribution in [-0.4, -0.2) is 39.5 Å². The van der Waals surface area contributed by atoms with Gasteiger partial charge in [0.25, 0.3) is 5.91 Å². The van der Waals surface area contributed by atoms with Crippen LogP contribution >= 0.6 is 0 Å². The molecule has 5 heteroatoms. The molecule has 1 amide bonds. The molecule has 1 aromatic heterocycles. The molecule has 5 nitrogen and oxygen atoms in total. The number of aromatic nitrogens is 1. The van der Waals surface area contributed by atoms with Crippen molar-refractivity contribution in [3.8, 4) is 0 Å². The number of aryl methyl sites for hydroxylation is 1. The van der Waals surface area contributed by atoms with Crippen LogP contribution in [0.4, 0.5) is 0 Å². The third-order valence-electron chi connectivity index (χ3n) is 2.98. The number of H-pyrrole nitrogens is 1. The van der Waals surface area contributed by atoms with Crippen molar-refractivity contribution in [2.24, 2.45) is 0 Å². The Morgan fingerprint density at radius 2 is 2.25 bits per heavy atom. The first kappa shape index (κ1) is 10.7. The van der Waals surface area contributed by atoms with Crippen LogP contribution in [0.15, 0.2) is 12.4 Å². The number of nitrogens with one attached hydrogen (secondary N) is 1. The van der Waals surface area contributed by atoms with Crippen LogP contribution in [0.2, 0.25) is 0 Å². The molecule has 0 radical (unpaired) electrons. The van der Waals surface area contributed by atoms with E-state index in [1.807, 2.05) is 6.92 Å². The summed E-state index contributed by atoms with van der Waals surface area (Å²) < 4.78 is 0. The Hall–Kier alpha value is -1.78. The second-order valence-electron chi connectivity index (χ2n) is 4.05. The lowest BCUT2D eigenvalue weighted by Crippen LogP contribution is -2.40. The summed E-state index contributed by atoms with van der Waals surface area (Å²) in [5, 5.41) is 9.00. The van der Waals surface area contributed by atoms with Crippen molar-refractivity contribution in [1.82, 2.24) is 9.88 Å². The van der Waals surface area contributed by atoms with Crippen molar-refractivity contribution in [3.05, 3.63) is 23.5 Å². The summed E-state index contributed by atoms with van der Waals surface area (Å²) in [5.74, 6) is -1.11. The van der Waals surface area contributed by atoms with Gasteiger partial charge in [-0.2, -0.15) is 0 Å². The average molecular weight is 222 g/mol. The number of nitrogens with zero attached hydrogens (tertiary/aromatic N) is 1. The Balaban J connectivity index is 2.22. The van der Waals surface area contributed by atoms with Gasteiger partial charge in [0.1, 0.15) is 6.04 Å². The third-order valence-corrected chi connectivity index (χ3v) is 2.98. The first-order chi connectivity index (χ1) is 7.61. The molecule has 16 heavy (non-hydrogen) atoms. The van der Waals surface area contributed by atoms with Crippen LogP contribution < -0.4 is 0 Å². The van der Waals surface area contributed by atoms with E-state index in [1.54, 1.807) is 12.4 Å². The largest absolute Gasteiger partial charge is 0.480 e. The van der Waals surface area contributed by atoms with Gasteiger partial charge in [-0.05, 0) is 25.3 Å². The highest BCUT2D eigenvalue weighted by Crippen LogP contribution is 2.21. The molecule has 0 saturated carbocycles. The summed E-state index contributed by atoms with van der Waals surface area (Å²) in [6.07, 6.45) is 4.66. The van der Waals surface area contributed by atoms with Crippen molar-refractivity contribution < 1.29 is 14.7 Å². The summed E-state index contributed by atoms with van der Waals surface area (Å²) in [4.78, 5) is 27.4. The fraction of sp³-hybridized carbons (Fsp3) is 0.455. The van der Waals surface area contributed by atoms with Crippen molar-refractivity contribution in [2.75, 3.05) is 6.54 Å². The number of hydrogen-bond donors (Lipinski definition) is 2. The highest BCUT2D eigenvalue weighted by atomic mass is 16.4. The van der Waals surface area contributed by atoms with E-state index in [2.05, 4.69) is 4.98 Å². The standard InChI is InChI=1S/C11H14N2O3/c1-7-5-12-6-8(7)10(14)13-4-2-3-9(13)11(15)16/h5-6,9,12H,2-4H2,1H3,(H,15,16). The van der Waals surface area contributed by atoms with Gasteiger partial charge < -0.3 is 15.0 Å². The minimum atomic E-state index is -0.918. The van der Waals surface area contributed by atoms with Crippen LogP contribution in [0.3, 0.4) is 0 Å². The third kappa shape index (κ3) is 1.68. The lowest BCUT2D eigenvalue weighted by molar-refractivity contribution is -0.141. The summed E-state index contributed by atoms with van der Waals surface area (Å²) >= 11 is 0. The van der Waals surface area contributed by atoms with Crippen molar-refractivity contribution in [3.63, 3.8) is 0 Å². The molecule has 0 spiro atoms. The number of carboxylic acid groups (broad SMARTS) is 1. The Bertz CT molecular complexity index is 425. The molecule has 1 aromatic rings. The zero-order valence-electron chi connectivity index (χ0n) is 9.06. The predicted octanol–water partition coefficient (Wildman–Crippen LogP) is 1.01. The first-order valence-corrected chi connectivity index (χ1v) is 5.28. The summed E-state index contributed by atoms with van der Waals surface area (Å²) in [6, 6.07) is -0.665. The molecule has 1 aliphatic heterocycles. The van der Waals surface area contributed by atoms with Gasteiger partial charge in [0.15, 0.2) is 0 Å². The fourth-order valence-electron chi connectivity index (χ4n) is 2.09. The Morgan fingerprint density at radius 3 is 2.81 bits per heavy atom.